The van der Waals surface area contributed by atoms with E-state index >= 15 is 0 Å². The first-order valence-corrected chi connectivity index (χ1v) is 7.39. The van der Waals surface area contributed by atoms with Gasteiger partial charge in [-0.15, -0.1) is 0 Å². The van der Waals surface area contributed by atoms with Gasteiger partial charge in [-0.05, 0) is 47.1 Å². The molecule has 0 heterocycles. The van der Waals surface area contributed by atoms with Gasteiger partial charge in [0.05, 0.1) is 10.7 Å². The smallest absolute Gasteiger partial charge is 0.280 e. The molecular weight excluding hydrogens is 348 g/mol. The highest BCUT2D eigenvalue weighted by atomic mass is 79.9. The summed E-state index contributed by atoms with van der Waals surface area (Å²) in [6.07, 6.45) is 0.665. The standard InChI is InChI=1S/C16H15BrN2O3/c1-11(22-15-9-5-3-7-13(15)17)16(21)19-18-10-12-6-2-4-8-14(12)20/h2-11,20H,1H3,(H,19,21)/b18-10-/t11-/m1/s1. The van der Waals surface area contributed by atoms with Crippen molar-refractivity contribution in [3.63, 3.8) is 0 Å². The van der Waals surface area contributed by atoms with Crippen LogP contribution in [-0.4, -0.2) is 23.3 Å². The van der Waals surface area contributed by atoms with E-state index in [1.807, 2.05) is 18.2 Å². The number of aromatic hydroxyl groups is 1. The van der Waals surface area contributed by atoms with Gasteiger partial charge < -0.3 is 9.84 Å². The van der Waals surface area contributed by atoms with Crippen LogP contribution in [0.3, 0.4) is 0 Å². The van der Waals surface area contributed by atoms with E-state index in [-0.39, 0.29) is 11.7 Å². The number of carbonyl (C=O) groups excluding carboxylic acids is 1. The average molecular weight is 363 g/mol. The van der Waals surface area contributed by atoms with E-state index in [1.54, 1.807) is 37.3 Å². The number of ether oxygens (including phenoxy) is 1. The predicted molar refractivity (Wildman–Crippen MR) is 88.1 cm³/mol. The van der Waals surface area contributed by atoms with Crippen LogP contribution in [0.2, 0.25) is 0 Å². The Morgan fingerprint density at radius 3 is 2.68 bits per heavy atom. The quantitative estimate of drug-likeness (QED) is 0.634. The largest absolute Gasteiger partial charge is 0.507 e. The number of amides is 1. The topological polar surface area (TPSA) is 70.9 Å². The molecule has 1 amide bonds. The SMILES string of the molecule is C[C@@H](Oc1ccccc1Br)C(=O)N/N=C\c1ccccc1O. The lowest BCUT2D eigenvalue weighted by Crippen LogP contribution is -2.33. The molecule has 0 unspecified atom stereocenters. The molecule has 5 nitrogen and oxygen atoms in total. The van der Waals surface area contributed by atoms with Crippen LogP contribution < -0.4 is 10.2 Å². The third-order valence-corrected chi connectivity index (χ3v) is 3.48. The molecule has 2 rings (SSSR count). The van der Waals surface area contributed by atoms with Gasteiger partial charge in [-0.25, -0.2) is 5.43 Å². The van der Waals surface area contributed by atoms with Crippen molar-refractivity contribution in [2.24, 2.45) is 5.10 Å². The van der Waals surface area contributed by atoms with Crippen LogP contribution in [0.1, 0.15) is 12.5 Å². The number of phenolic OH excluding ortho intramolecular Hbond substituents is 1. The first kappa shape index (κ1) is 16.0. The Morgan fingerprint density at radius 2 is 1.95 bits per heavy atom. The molecule has 114 valence electrons. The van der Waals surface area contributed by atoms with Gasteiger partial charge >= 0.3 is 0 Å². The number of carbonyl (C=O) groups is 1. The minimum absolute atomic E-state index is 0.0954. The minimum atomic E-state index is -0.708. The zero-order valence-electron chi connectivity index (χ0n) is 11.9. The number of nitrogens with one attached hydrogen (secondary N) is 1. The summed E-state index contributed by atoms with van der Waals surface area (Å²) in [5.41, 5.74) is 2.89. The van der Waals surface area contributed by atoms with Gasteiger partial charge in [-0.2, -0.15) is 5.10 Å². The van der Waals surface area contributed by atoms with E-state index in [0.29, 0.717) is 11.3 Å². The number of benzene rings is 2. The van der Waals surface area contributed by atoms with Gasteiger partial charge in [0.15, 0.2) is 6.10 Å². The van der Waals surface area contributed by atoms with Crippen molar-refractivity contribution in [1.82, 2.24) is 5.43 Å². The van der Waals surface area contributed by atoms with Crippen molar-refractivity contribution in [2.45, 2.75) is 13.0 Å². The molecule has 0 saturated heterocycles. The Hall–Kier alpha value is -2.34. The summed E-state index contributed by atoms with van der Waals surface area (Å²) in [5, 5.41) is 13.4. The molecule has 0 aliphatic carbocycles. The summed E-state index contributed by atoms with van der Waals surface area (Å²) in [5.74, 6) is 0.287. The van der Waals surface area contributed by atoms with Crippen molar-refractivity contribution in [1.29, 1.82) is 0 Å². The van der Waals surface area contributed by atoms with Crippen LogP contribution in [0, 0.1) is 0 Å². The molecule has 1 atom stereocenters. The number of hydrogen-bond acceptors (Lipinski definition) is 4. The number of phenols is 1. The molecule has 0 fully saturated rings. The van der Waals surface area contributed by atoms with E-state index in [0.717, 1.165) is 4.47 Å². The van der Waals surface area contributed by atoms with Crippen LogP contribution in [0.5, 0.6) is 11.5 Å². The second-order valence-corrected chi connectivity index (χ2v) is 5.34. The monoisotopic (exact) mass is 362 g/mol. The summed E-state index contributed by atoms with van der Waals surface area (Å²) >= 11 is 3.35. The van der Waals surface area contributed by atoms with Crippen LogP contribution in [0.25, 0.3) is 0 Å². The summed E-state index contributed by atoms with van der Waals surface area (Å²) in [4.78, 5) is 11.9. The van der Waals surface area contributed by atoms with E-state index in [1.165, 1.54) is 6.21 Å². The number of halogens is 1. The molecule has 2 N–H and O–H groups in total. The van der Waals surface area contributed by atoms with Crippen molar-refractivity contribution in [3.05, 3.63) is 58.6 Å². The van der Waals surface area contributed by atoms with Gasteiger partial charge in [0.2, 0.25) is 0 Å². The molecule has 0 radical (unpaired) electrons. The second-order valence-electron chi connectivity index (χ2n) is 4.48. The number of nitrogens with zero attached hydrogens (tertiary/aromatic N) is 1. The molecular formula is C16H15BrN2O3. The predicted octanol–water partition coefficient (Wildman–Crippen LogP) is 3.07. The number of hydrazone groups is 1. The fourth-order valence-corrected chi connectivity index (χ4v) is 2.02. The Bertz CT molecular complexity index is 689. The summed E-state index contributed by atoms with van der Waals surface area (Å²) in [7, 11) is 0. The van der Waals surface area contributed by atoms with E-state index < -0.39 is 6.10 Å². The molecule has 2 aromatic rings. The fourth-order valence-electron chi connectivity index (χ4n) is 1.64. The molecule has 0 bridgehead atoms. The molecule has 0 aromatic heterocycles. The molecule has 0 aliphatic rings. The van der Waals surface area contributed by atoms with Gasteiger partial charge in [0.1, 0.15) is 11.5 Å². The van der Waals surface area contributed by atoms with Crippen molar-refractivity contribution < 1.29 is 14.6 Å². The minimum Gasteiger partial charge on any atom is -0.507 e. The van der Waals surface area contributed by atoms with Crippen LogP contribution >= 0.6 is 15.9 Å². The Kier molecular flexibility index (Phi) is 5.55. The van der Waals surface area contributed by atoms with Crippen molar-refractivity contribution >= 4 is 28.1 Å². The van der Waals surface area contributed by atoms with Gasteiger partial charge in [-0.1, -0.05) is 24.3 Å². The first-order chi connectivity index (χ1) is 10.6. The highest BCUT2D eigenvalue weighted by molar-refractivity contribution is 9.10. The third kappa shape index (κ3) is 4.33. The van der Waals surface area contributed by atoms with Crippen molar-refractivity contribution in [3.8, 4) is 11.5 Å². The lowest BCUT2D eigenvalue weighted by Gasteiger charge is -2.13. The fraction of sp³-hybridized carbons (Fsp3) is 0.125. The van der Waals surface area contributed by atoms with Gasteiger partial charge in [-0.3, -0.25) is 4.79 Å². The average Bonchev–Trinajstić information content (AvgIpc) is 2.51. The number of rotatable bonds is 5. The molecule has 0 saturated carbocycles. The summed E-state index contributed by atoms with van der Waals surface area (Å²) in [6.45, 7) is 1.63. The van der Waals surface area contributed by atoms with Crippen LogP contribution in [0.15, 0.2) is 58.1 Å². The molecule has 0 aliphatic heterocycles. The summed E-state index contributed by atoms with van der Waals surface area (Å²) < 4.78 is 6.32. The Morgan fingerprint density at radius 1 is 1.27 bits per heavy atom. The third-order valence-electron chi connectivity index (χ3n) is 2.82. The lowest BCUT2D eigenvalue weighted by atomic mass is 10.2. The molecule has 6 heteroatoms. The van der Waals surface area contributed by atoms with Crippen LogP contribution in [-0.2, 0) is 4.79 Å². The summed E-state index contributed by atoms with van der Waals surface area (Å²) in [6, 6.07) is 14.0. The highest BCUT2D eigenvalue weighted by Gasteiger charge is 2.15. The van der Waals surface area contributed by atoms with Gasteiger partial charge in [0, 0.05) is 5.56 Å². The molecule has 0 spiro atoms. The maximum atomic E-state index is 11.9. The highest BCUT2D eigenvalue weighted by Crippen LogP contribution is 2.24. The Balaban J connectivity index is 1.92. The normalized spacial score (nSPS) is 12.1. The molecule has 2 aromatic carbocycles. The first-order valence-electron chi connectivity index (χ1n) is 6.60. The molecule has 22 heavy (non-hydrogen) atoms. The van der Waals surface area contributed by atoms with Gasteiger partial charge in [0.25, 0.3) is 5.91 Å². The maximum Gasteiger partial charge on any atom is 0.280 e. The van der Waals surface area contributed by atoms with E-state index in [9.17, 15) is 9.90 Å². The maximum absolute atomic E-state index is 11.9. The number of para-hydroxylation sites is 2. The zero-order chi connectivity index (χ0) is 15.9. The zero-order valence-corrected chi connectivity index (χ0v) is 13.4. The Labute approximate surface area is 136 Å². The lowest BCUT2D eigenvalue weighted by molar-refractivity contribution is -0.127. The van der Waals surface area contributed by atoms with Crippen molar-refractivity contribution in [2.75, 3.05) is 0 Å². The van der Waals surface area contributed by atoms with E-state index in [2.05, 4.69) is 26.5 Å². The number of hydrogen-bond donors (Lipinski definition) is 2. The van der Waals surface area contributed by atoms with E-state index in [4.69, 9.17) is 4.74 Å². The van der Waals surface area contributed by atoms with Crippen LogP contribution in [0.4, 0.5) is 0 Å². The second kappa shape index (κ2) is 7.61.